The molecule has 0 aromatic heterocycles. The zero-order valence-electron chi connectivity index (χ0n) is 37.5. The first-order valence-electron chi connectivity index (χ1n) is 23.1. The van der Waals surface area contributed by atoms with Crippen molar-refractivity contribution in [2.24, 2.45) is 0 Å². The van der Waals surface area contributed by atoms with Gasteiger partial charge in [-0.05, 0) is 160 Å². The Labute approximate surface area is 386 Å². The Morgan fingerprint density at radius 3 is 1.09 bits per heavy atom. The molecule has 13 rings (SSSR count). The quantitative estimate of drug-likeness (QED) is 0.160. The monoisotopic (exact) mass is 843 g/mol. The van der Waals surface area contributed by atoms with Crippen LogP contribution in [0.1, 0.15) is 22.3 Å². The Bertz CT molecular complexity index is 3540. The molecular weight excluding hydrogens is 798 g/mol. The minimum atomic E-state index is -0.0499. The van der Waals surface area contributed by atoms with Crippen LogP contribution in [0.5, 0.6) is 0 Å². The van der Waals surface area contributed by atoms with Gasteiger partial charge in [-0.1, -0.05) is 156 Å². The van der Waals surface area contributed by atoms with Gasteiger partial charge in [0.1, 0.15) is 0 Å². The Balaban J connectivity index is 1.19. The molecule has 0 radical (unpaired) electrons. The summed E-state index contributed by atoms with van der Waals surface area (Å²) in [6, 6.07) is 77.9. The van der Waals surface area contributed by atoms with Gasteiger partial charge in [-0.2, -0.15) is 0 Å². The Hall–Kier alpha value is -8.08. The molecule has 66 heavy (non-hydrogen) atoms. The van der Waals surface area contributed by atoms with Crippen LogP contribution in [0.25, 0.3) is 43.1 Å². The fourth-order valence-electron chi connectivity index (χ4n) is 11.0. The lowest BCUT2D eigenvalue weighted by atomic mass is 9.33. The van der Waals surface area contributed by atoms with Crippen molar-refractivity contribution >= 4 is 117 Å². The van der Waals surface area contributed by atoms with Crippen molar-refractivity contribution in [1.82, 2.24) is 0 Å². The molecule has 2 aliphatic heterocycles. The van der Waals surface area contributed by atoms with Crippen LogP contribution >= 0.6 is 0 Å². The topological polar surface area (TPSA) is 9.72 Å². The van der Waals surface area contributed by atoms with Gasteiger partial charge in [0, 0.05) is 45.5 Å². The van der Waals surface area contributed by atoms with Crippen LogP contribution in [0.3, 0.4) is 0 Å². The molecule has 2 aliphatic rings. The van der Waals surface area contributed by atoms with E-state index in [1.54, 1.807) is 0 Å². The number of hydrogen-bond donors (Lipinski definition) is 0. The van der Waals surface area contributed by atoms with Gasteiger partial charge in [0.15, 0.2) is 0 Å². The minimum absolute atomic E-state index is 0.0499. The second-order valence-electron chi connectivity index (χ2n) is 18.6. The van der Waals surface area contributed by atoms with Crippen molar-refractivity contribution in [3.05, 3.63) is 229 Å². The van der Waals surface area contributed by atoms with Crippen molar-refractivity contribution in [1.29, 1.82) is 0 Å². The highest BCUT2D eigenvalue weighted by Crippen LogP contribution is 2.49. The molecule has 11 aromatic rings. The average molecular weight is 844 g/mol. The third kappa shape index (κ3) is 6.13. The zero-order chi connectivity index (χ0) is 44.2. The number of benzene rings is 11. The van der Waals surface area contributed by atoms with Crippen molar-refractivity contribution < 1.29 is 0 Å². The standard InChI is InChI=1S/C62H46BN3/c1-39-15-19-45-31-53(25-23-43(45)27-39)65-58-35-49-29-41(3)17-21-47(49)33-56(58)63-57-34-48-22-18-42(4)30-50(48)36-59(57)66(54-26-24-44-28-40(2)16-20-46(44)32-54)61-38-55(37-60(65)62(61)63)64(51-11-7-5-8-12-51)52-13-9-6-10-14-52/h5-38H,1-4H3. The maximum absolute atomic E-state index is 2.57. The maximum atomic E-state index is 2.57. The molecular formula is C62H46BN3. The fourth-order valence-corrected chi connectivity index (χ4v) is 11.0. The molecule has 2 heterocycles. The number of anilines is 9. The van der Waals surface area contributed by atoms with Gasteiger partial charge < -0.3 is 14.7 Å². The van der Waals surface area contributed by atoms with Gasteiger partial charge in [0.05, 0.1) is 5.69 Å². The van der Waals surface area contributed by atoms with E-state index in [0.717, 1.165) is 28.4 Å². The molecule has 0 aliphatic carbocycles. The minimum Gasteiger partial charge on any atom is -0.311 e. The number of fused-ring (bicyclic) bond motifs is 8. The lowest BCUT2D eigenvalue weighted by Gasteiger charge is -2.45. The van der Waals surface area contributed by atoms with E-state index < -0.39 is 0 Å². The van der Waals surface area contributed by atoms with E-state index in [-0.39, 0.29) is 6.71 Å². The van der Waals surface area contributed by atoms with E-state index in [4.69, 9.17) is 0 Å². The number of para-hydroxylation sites is 2. The second kappa shape index (κ2) is 14.7. The van der Waals surface area contributed by atoms with Crippen molar-refractivity contribution in [2.45, 2.75) is 27.7 Å². The summed E-state index contributed by atoms with van der Waals surface area (Å²) in [5.74, 6) is 0. The van der Waals surface area contributed by atoms with Crippen molar-refractivity contribution in [2.75, 3.05) is 14.7 Å². The van der Waals surface area contributed by atoms with Crippen LogP contribution in [0.4, 0.5) is 51.2 Å². The van der Waals surface area contributed by atoms with Crippen LogP contribution in [-0.4, -0.2) is 6.71 Å². The fraction of sp³-hybridized carbons (Fsp3) is 0.0645. The molecule has 0 atom stereocenters. The van der Waals surface area contributed by atoms with Gasteiger partial charge in [-0.25, -0.2) is 0 Å². The summed E-state index contributed by atoms with van der Waals surface area (Å²) in [4.78, 5) is 7.56. The molecule has 0 spiro atoms. The third-order valence-corrected chi connectivity index (χ3v) is 14.0. The summed E-state index contributed by atoms with van der Waals surface area (Å²) >= 11 is 0. The molecule has 0 amide bonds. The molecule has 4 heteroatoms. The van der Waals surface area contributed by atoms with Crippen LogP contribution < -0.4 is 31.1 Å². The highest BCUT2D eigenvalue weighted by atomic mass is 15.2. The molecule has 0 unspecified atom stereocenters. The van der Waals surface area contributed by atoms with Gasteiger partial charge >= 0.3 is 0 Å². The van der Waals surface area contributed by atoms with Crippen LogP contribution in [0.15, 0.2) is 206 Å². The third-order valence-electron chi connectivity index (χ3n) is 14.0. The molecule has 0 saturated carbocycles. The second-order valence-corrected chi connectivity index (χ2v) is 18.6. The van der Waals surface area contributed by atoms with E-state index >= 15 is 0 Å². The summed E-state index contributed by atoms with van der Waals surface area (Å²) in [7, 11) is 0. The highest BCUT2D eigenvalue weighted by molar-refractivity contribution is 7.00. The first-order chi connectivity index (χ1) is 32.3. The van der Waals surface area contributed by atoms with E-state index in [0.29, 0.717) is 0 Å². The number of rotatable bonds is 5. The summed E-state index contributed by atoms with van der Waals surface area (Å²) < 4.78 is 0. The largest absolute Gasteiger partial charge is 0.311 e. The van der Waals surface area contributed by atoms with Gasteiger partial charge in [-0.15, -0.1) is 0 Å². The van der Waals surface area contributed by atoms with Crippen LogP contribution in [0, 0.1) is 27.7 Å². The Kier molecular flexibility index (Phi) is 8.57. The summed E-state index contributed by atoms with van der Waals surface area (Å²) in [5.41, 5.74) is 19.2. The number of nitrogens with zero attached hydrogens (tertiary/aromatic N) is 3. The summed E-state index contributed by atoms with van der Waals surface area (Å²) in [6.45, 7) is 8.70. The van der Waals surface area contributed by atoms with Crippen molar-refractivity contribution in [3.8, 4) is 0 Å². The van der Waals surface area contributed by atoms with Gasteiger partial charge in [0.2, 0.25) is 0 Å². The molecule has 11 aromatic carbocycles. The smallest absolute Gasteiger partial charge is 0.252 e. The van der Waals surface area contributed by atoms with E-state index in [9.17, 15) is 0 Å². The molecule has 0 saturated heterocycles. The average Bonchev–Trinajstić information content (AvgIpc) is 3.33. The van der Waals surface area contributed by atoms with Gasteiger partial charge in [0.25, 0.3) is 6.71 Å². The predicted octanol–water partition coefficient (Wildman–Crippen LogP) is 15.1. The van der Waals surface area contributed by atoms with E-state index in [1.165, 1.54) is 104 Å². The Morgan fingerprint density at radius 1 is 0.303 bits per heavy atom. The van der Waals surface area contributed by atoms with Crippen LogP contribution in [0.2, 0.25) is 0 Å². The molecule has 3 nitrogen and oxygen atoms in total. The van der Waals surface area contributed by atoms with E-state index in [2.05, 4.69) is 249 Å². The zero-order valence-corrected chi connectivity index (χ0v) is 37.5. The normalized spacial score (nSPS) is 12.8. The lowest BCUT2D eigenvalue weighted by molar-refractivity contribution is 1.23. The highest BCUT2D eigenvalue weighted by Gasteiger charge is 2.44. The number of aryl methyl sites for hydroxylation is 4. The maximum Gasteiger partial charge on any atom is 0.252 e. The van der Waals surface area contributed by atoms with Crippen molar-refractivity contribution in [3.63, 3.8) is 0 Å². The van der Waals surface area contributed by atoms with Gasteiger partial charge in [-0.3, -0.25) is 0 Å². The first kappa shape index (κ1) is 38.4. The lowest BCUT2D eigenvalue weighted by Crippen LogP contribution is -2.61. The molecule has 312 valence electrons. The predicted molar refractivity (Wildman–Crippen MR) is 284 cm³/mol. The Morgan fingerprint density at radius 2 is 0.667 bits per heavy atom. The van der Waals surface area contributed by atoms with E-state index in [1.807, 2.05) is 0 Å². The summed E-state index contributed by atoms with van der Waals surface area (Å²) in [6.07, 6.45) is 0. The molecule has 0 fully saturated rings. The first-order valence-corrected chi connectivity index (χ1v) is 23.1. The summed E-state index contributed by atoms with van der Waals surface area (Å²) in [5, 5.41) is 9.90. The number of hydrogen-bond acceptors (Lipinski definition) is 3. The molecule has 0 N–H and O–H groups in total. The van der Waals surface area contributed by atoms with Crippen LogP contribution in [-0.2, 0) is 0 Å². The molecule has 0 bridgehead atoms. The SMILES string of the molecule is Cc1ccc2cc(N3c4cc5cc(C)ccc5cc4B4c5cc6ccc(C)cc6cc5N(c5ccc6cc(C)ccc6c5)c5cc(N(c6ccccc6)c6ccccc6)cc3c54)ccc2c1.